The van der Waals surface area contributed by atoms with Gasteiger partial charge in [-0.15, -0.1) is 11.3 Å². The van der Waals surface area contributed by atoms with E-state index in [0.29, 0.717) is 0 Å². The third-order valence-corrected chi connectivity index (χ3v) is 3.70. The van der Waals surface area contributed by atoms with Crippen LogP contribution in [0.3, 0.4) is 0 Å². The summed E-state index contributed by atoms with van der Waals surface area (Å²) in [5.41, 5.74) is -0.0801. The van der Waals surface area contributed by atoms with E-state index in [1.807, 2.05) is 6.92 Å². The minimum atomic E-state index is -0.0801. The maximum atomic E-state index is 5.60. The molecule has 0 spiro atoms. The van der Waals surface area contributed by atoms with Crippen molar-refractivity contribution >= 4 is 27.3 Å². The van der Waals surface area contributed by atoms with Crippen LogP contribution >= 0.6 is 27.3 Å². The van der Waals surface area contributed by atoms with Crippen molar-refractivity contribution in [3.8, 4) is 0 Å². The summed E-state index contributed by atoms with van der Waals surface area (Å²) in [6.07, 6.45) is 0. The highest BCUT2D eigenvalue weighted by Crippen LogP contribution is 2.19. The highest BCUT2D eigenvalue weighted by molar-refractivity contribution is 9.10. The zero-order chi connectivity index (χ0) is 11.3. The van der Waals surface area contributed by atoms with Gasteiger partial charge in [-0.2, -0.15) is 0 Å². The Kier molecular flexibility index (Phi) is 5.26. The summed E-state index contributed by atoms with van der Waals surface area (Å²) >= 11 is 5.21. The molecule has 0 fully saturated rings. The molecule has 0 aliphatic carbocycles. The quantitative estimate of drug-likeness (QED) is 0.867. The smallest absolute Gasteiger partial charge is 0.0750 e. The van der Waals surface area contributed by atoms with Crippen LogP contribution < -0.4 is 5.32 Å². The maximum absolute atomic E-state index is 5.60. The molecule has 1 heterocycles. The van der Waals surface area contributed by atoms with Crippen molar-refractivity contribution in [3.63, 3.8) is 0 Å². The van der Waals surface area contributed by atoms with Gasteiger partial charge in [0.2, 0.25) is 0 Å². The summed E-state index contributed by atoms with van der Waals surface area (Å²) in [5.74, 6) is 0. The Balaban J connectivity index is 2.27. The summed E-state index contributed by atoms with van der Waals surface area (Å²) in [5, 5.41) is 5.51. The van der Waals surface area contributed by atoms with Crippen molar-refractivity contribution < 1.29 is 4.74 Å². The Morgan fingerprint density at radius 2 is 2.27 bits per heavy atom. The van der Waals surface area contributed by atoms with E-state index in [1.54, 1.807) is 11.3 Å². The van der Waals surface area contributed by atoms with Crippen molar-refractivity contribution in [2.75, 3.05) is 13.2 Å². The van der Waals surface area contributed by atoms with Crippen molar-refractivity contribution in [1.82, 2.24) is 5.32 Å². The lowest BCUT2D eigenvalue weighted by molar-refractivity contribution is -0.00893. The van der Waals surface area contributed by atoms with E-state index in [-0.39, 0.29) is 5.60 Å². The fourth-order valence-electron chi connectivity index (χ4n) is 1.38. The number of thiophene rings is 1. The normalized spacial score (nSPS) is 12.0. The Morgan fingerprint density at radius 3 is 2.80 bits per heavy atom. The third kappa shape index (κ3) is 5.11. The van der Waals surface area contributed by atoms with Gasteiger partial charge in [-0.1, -0.05) is 0 Å². The van der Waals surface area contributed by atoms with Crippen molar-refractivity contribution in [3.05, 3.63) is 20.8 Å². The van der Waals surface area contributed by atoms with Crippen molar-refractivity contribution in [1.29, 1.82) is 0 Å². The molecule has 0 aliphatic heterocycles. The molecule has 86 valence electrons. The summed E-state index contributed by atoms with van der Waals surface area (Å²) in [6, 6.07) is 2.14. The number of nitrogens with one attached hydrogen (secondary N) is 1. The predicted octanol–water partition coefficient (Wildman–Crippen LogP) is 3.42. The lowest BCUT2D eigenvalue weighted by atomic mass is 10.1. The molecule has 15 heavy (non-hydrogen) atoms. The summed E-state index contributed by atoms with van der Waals surface area (Å²) in [7, 11) is 0. The van der Waals surface area contributed by atoms with Crippen LogP contribution in [-0.2, 0) is 11.3 Å². The molecule has 0 atom stereocenters. The molecule has 0 saturated heterocycles. The Labute approximate surface area is 104 Å². The van der Waals surface area contributed by atoms with Crippen LogP contribution in [0.5, 0.6) is 0 Å². The Hall–Kier alpha value is 0.1000. The van der Waals surface area contributed by atoms with E-state index in [0.717, 1.165) is 24.2 Å². The fraction of sp³-hybridized carbons (Fsp3) is 0.636. The zero-order valence-corrected chi connectivity index (χ0v) is 11.9. The Morgan fingerprint density at radius 1 is 1.53 bits per heavy atom. The van der Waals surface area contributed by atoms with Crippen LogP contribution in [-0.4, -0.2) is 18.8 Å². The summed E-state index contributed by atoms with van der Waals surface area (Å²) < 4.78 is 6.76. The minimum Gasteiger partial charge on any atom is -0.375 e. The van der Waals surface area contributed by atoms with Crippen molar-refractivity contribution in [2.45, 2.75) is 32.9 Å². The first-order chi connectivity index (χ1) is 7.03. The second-order valence-electron chi connectivity index (χ2n) is 4.03. The molecule has 2 nitrogen and oxygen atoms in total. The average Bonchev–Trinajstić information content (AvgIpc) is 2.51. The molecule has 0 radical (unpaired) electrons. The van der Waals surface area contributed by atoms with Gasteiger partial charge in [0, 0.05) is 34.4 Å². The molecule has 0 unspecified atom stereocenters. The van der Waals surface area contributed by atoms with Crippen molar-refractivity contribution in [2.24, 2.45) is 0 Å². The molecular weight excluding hydrogens is 274 g/mol. The van der Waals surface area contributed by atoms with Crippen LogP contribution in [0.1, 0.15) is 25.6 Å². The van der Waals surface area contributed by atoms with Gasteiger partial charge in [0.25, 0.3) is 0 Å². The molecular formula is C11H18BrNOS. The van der Waals surface area contributed by atoms with E-state index in [4.69, 9.17) is 4.74 Å². The molecule has 0 bridgehead atoms. The molecule has 0 saturated carbocycles. The number of halogens is 1. The average molecular weight is 292 g/mol. The number of hydrogen-bond acceptors (Lipinski definition) is 3. The first-order valence-corrected chi connectivity index (χ1v) is 6.78. The highest BCUT2D eigenvalue weighted by atomic mass is 79.9. The van der Waals surface area contributed by atoms with E-state index < -0.39 is 0 Å². The van der Waals surface area contributed by atoms with Gasteiger partial charge in [0.1, 0.15) is 0 Å². The summed E-state index contributed by atoms with van der Waals surface area (Å²) in [4.78, 5) is 1.34. The second-order valence-corrected chi connectivity index (χ2v) is 5.94. The van der Waals surface area contributed by atoms with Gasteiger partial charge in [-0.25, -0.2) is 0 Å². The third-order valence-electron chi connectivity index (χ3n) is 2.01. The second kappa shape index (κ2) is 5.99. The molecule has 0 amide bonds. The van der Waals surface area contributed by atoms with Gasteiger partial charge < -0.3 is 10.1 Å². The lowest BCUT2D eigenvalue weighted by Crippen LogP contribution is -2.37. The van der Waals surface area contributed by atoms with Crippen LogP contribution in [0.15, 0.2) is 15.9 Å². The minimum absolute atomic E-state index is 0.0801. The van der Waals surface area contributed by atoms with Gasteiger partial charge >= 0.3 is 0 Å². The molecule has 1 aromatic heterocycles. The van der Waals surface area contributed by atoms with Gasteiger partial charge in [0.15, 0.2) is 0 Å². The SMILES string of the molecule is CCOC(C)(C)CNCc1cc(Br)cs1. The lowest BCUT2D eigenvalue weighted by Gasteiger charge is -2.24. The van der Waals surface area contributed by atoms with Gasteiger partial charge in [0.05, 0.1) is 5.60 Å². The monoisotopic (exact) mass is 291 g/mol. The van der Waals surface area contributed by atoms with Gasteiger partial charge in [-0.3, -0.25) is 0 Å². The standard InChI is InChI=1S/C11H18BrNOS/c1-4-14-11(2,3)8-13-6-10-5-9(12)7-15-10/h5,7,13H,4,6,8H2,1-3H3. The number of hydrogen-bond donors (Lipinski definition) is 1. The maximum Gasteiger partial charge on any atom is 0.0750 e. The van der Waals surface area contributed by atoms with Crippen LogP contribution in [0, 0.1) is 0 Å². The zero-order valence-electron chi connectivity index (χ0n) is 9.47. The molecule has 1 aromatic rings. The Bertz CT molecular complexity index is 299. The van der Waals surface area contributed by atoms with E-state index in [9.17, 15) is 0 Å². The summed E-state index contributed by atoms with van der Waals surface area (Å²) in [6.45, 7) is 8.78. The highest BCUT2D eigenvalue weighted by Gasteiger charge is 2.16. The first kappa shape index (κ1) is 13.2. The van der Waals surface area contributed by atoms with Gasteiger partial charge in [-0.05, 0) is 42.8 Å². The first-order valence-electron chi connectivity index (χ1n) is 5.11. The largest absolute Gasteiger partial charge is 0.375 e. The predicted molar refractivity (Wildman–Crippen MR) is 69.4 cm³/mol. The fourth-order valence-corrected chi connectivity index (χ4v) is 2.80. The molecule has 0 aromatic carbocycles. The van der Waals surface area contributed by atoms with Crippen LogP contribution in [0.2, 0.25) is 0 Å². The number of rotatable bonds is 6. The molecule has 4 heteroatoms. The van der Waals surface area contributed by atoms with E-state index >= 15 is 0 Å². The number of ether oxygens (including phenoxy) is 1. The van der Waals surface area contributed by atoms with E-state index in [1.165, 1.54) is 4.88 Å². The molecule has 1 N–H and O–H groups in total. The van der Waals surface area contributed by atoms with E-state index in [2.05, 4.69) is 46.5 Å². The van der Waals surface area contributed by atoms with Crippen LogP contribution in [0.25, 0.3) is 0 Å². The molecule has 0 aliphatic rings. The molecule has 1 rings (SSSR count). The van der Waals surface area contributed by atoms with Crippen LogP contribution in [0.4, 0.5) is 0 Å². The topological polar surface area (TPSA) is 21.3 Å².